The van der Waals surface area contributed by atoms with Crippen LogP contribution in [-0.4, -0.2) is 19.8 Å². The van der Waals surface area contributed by atoms with E-state index in [2.05, 4.69) is 51.2 Å². The molecule has 0 aliphatic carbocycles. The third-order valence-electron chi connectivity index (χ3n) is 3.24. The molecule has 1 aromatic carbocycles. The van der Waals surface area contributed by atoms with Crippen molar-refractivity contribution < 1.29 is 4.74 Å². The zero-order chi connectivity index (χ0) is 12.8. The van der Waals surface area contributed by atoms with E-state index in [1.54, 1.807) is 7.11 Å². The molecule has 0 heterocycles. The fourth-order valence-electron chi connectivity index (χ4n) is 2.24. The van der Waals surface area contributed by atoms with Crippen LogP contribution in [0.3, 0.4) is 0 Å². The molecule has 0 fully saturated rings. The molecule has 0 bridgehead atoms. The Morgan fingerprint density at radius 1 is 1.29 bits per heavy atom. The number of aryl methyl sites for hydroxylation is 2. The van der Waals surface area contributed by atoms with Crippen molar-refractivity contribution >= 4 is 0 Å². The highest BCUT2D eigenvalue weighted by Crippen LogP contribution is 2.19. The molecule has 2 unspecified atom stereocenters. The van der Waals surface area contributed by atoms with Crippen LogP contribution in [0.4, 0.5) is 0 Å². The van der Waals surface area contributed by atoms with E-state index in [0.29, 0.717) is 12.1 Å². The molecule has 1 rings (SSSR count). The lowest BCUT2D eigenvalue weighted by Crippen LogP contribution is -2.34. The zero-order valence-corrected chi connectivity index (χ0v) is 11.7. The van der Waals surface area contributed by atoms with Crippen molar-refractivity contribution in [1.82, 2.24) is 5.32 Å². The van der Waals surface area contributed by atoms with Crippen molar-refractivity contribution in [3.8, 4) is 0 Å². The number of hydrogen-bond acceptors (Lipinski definition) is 2. The molecular weight excluding hydrogens is 210 g/mol. The molecule has 0 saturated carbocycles. The van der Waals surface area contributed by atoms with Gasteiger partial charge in [-0.15, -0.1) is 0 Å². The number of nitrogens with one attached hydrogen (secondary N) is 1. The largest absolute Gasteiger partial charge is 0.383 e. The predicted octanol–water partition coefficient (Wildman–Crippen LogP) is 3.38. The third-order valence-corrected chi connectivity index (χ3v) is 3.24. The molecule has 0 aliphatic rings. The minimum Gasteiger partial charge on any atom is -0.383 e. The van der Waals surface area contributed by atoms with Crippen LogP contribution >= 0.6 is 0 Å². The van der Waals surface area contributed by atoms with Crippen molar-refractivity contribution in [2.24, 2.45) is 0 Å². The van der Waals surface area contributed by atoms with Crippen LogP contribution in [0.5, 0.6) is 0 Å². The summed E-state index contributed by atoms with van der Waals surface area (Å²) in [6, 6.07) is 7.44. The summed E-state index contributed by atoms with van der Waals surface area (Å²) in [5, 5.41) is 3.62. The van der Waals surface area contributed by atoms with Crippen LogP contribution in [-0.2, 0) is 4.74 Å². The molecule has 0 aromatic heterocycles. The van der Waals surface area contributed by atoms with E-state index in [0.717, 1.165) is 13.0 Å². The van der Waals surface area contributed by atoms with Gasteiger partial charge in [0.1, 0.15) is 0 Å². The van der Waals surface area contributed by atoms with E-state index >= 15 is 0 Å². The monoisotopic (exact) mass is 235 g/mol. The molecule has 0 aliphatic heterocycles. The number of hydrogen-bond donors (Lipinski definition) is 1. The van der Waals surface area contributed by atoms with Gasteiger partial charge in [-0.25, -0.2) is 0 Å². The number of rotatable bonds is 6. The van der Waals surface area contributed by atoms with Gasteiger partial charge in [-0.2, -0.15) is 0 Å². The lowest BCUT2D eigenvalue weighted by molar-refractivity contribution is 0.159. The molecule has 17 heavy (non-hydrogen) atoms. The molecule has 96 valence electrons. The topological polar surface area (TPSA) is 21.3 Å². The minimum absolute atomic E-state index is 0.371. The van der Waals surface area contributed by atoms with Crippen molar-refractivity contribution in [2.45, 2.75) is 46.2 Å². The van der Waals surface area contributed by atoms with E-state index in [1.807, 2.05) is 0 Å². The van der Waals surface area contributed by atoms with E-state index in [-0.39, 0.29) is 0 Å². The summed E-state index contributed by atoms with van der Waals surface area (Å²) < 4.78 is 5.22. The molecule has 2 nitrogen and oxygen atoms in total. The zero-order valence-electron chi connectivity index (χ0n) is 11.7. The fourth-order valence-corrected chi connectivity index (χ4v) is 2.24. The Morgan fingerprint density at radius 3 is 2.53 bits per heavy atom. The second-order valence-corrected chi connectivity index (χ2v) is 4.81. The lowest BCUT2D eigenvalue weighted by atomic mass is 9.99. The highest BCUT2D eigenvalue weighted by atomic mass is 16.5. The Labute approximate surface area is 105 Å². The number of ether oxygens (including phenoxy) is 1. The first kappa shape index (κ1) is 14.2. The fraction of sp³-hybridized carbons (Fsp3) is 0.600. The van der Waals surface area contributed by atoms with Gasteiger partial charge in [0.2, 0.25) is 0 Å². The first-order valence-corrected chi connectivity index (χ1v) is 6.40. The highest BCUT2D eigenvalue weighted by Gasteiger charge is 2.13. The molecule has 0 spiro atoms. The van der Waals surface area contributed by atoms with Crippen LogP contribution in [0.1, 0.15) is 43.0 Å². The summed E-state index contributed by atoms with van der Waals surface area (Å²) in [4.78, 5) is 0. The Morgan fingerprint density at radius 2 is 2.00 bits per heavy atom. The Balaban J connectivity index is 2.71. The molecule has 2 heteroatoms. The summed E-state index contributed by atoms with van der Waals surface area (Å²) in [5.41, 5.74) is 4.06. The standard InChI is InChI=1S/C15H25NO/c1-6-14(10-17-5)16-13(4)15-8-7-11(2)9-12(15)3/h7-9,13-14,16H,6,10H2,1-5H3. The summed E-state index contributed by atoms with van der Waals surface area (Å²) in [5.74, 6) is 0. The van der Waals surface area contributed by atoms with Gasteiger partial charge in [0.15, 0.2) is 0 Å². The van der Waals surface area contributed by atoms with Crippen LogP contribution in [0.15, 0.2) is 18.2 Å². The van der Waals surface area contributed by atoms with Crippen molar-refractivity contribution in [3.63, 3.8) is 0 Å². The predicted molar refractivity (Wildman–Crippen MR) is 73.4 cm³/mol. The third kappa shape index (κ3) is 4.14. The second kappa shape index (κ2) is 6.77. The Kier molecular flexibility index (Phi) is 5.66. The van der Waals surface area contributed by atoms with Crippen LogP contribution in [0, 0.1) is 13.8 Å². The second-order valence-electron chi connectivity index (χ2n) is 4.81. The smallest absolute Gasteiger partial charge is 0.0615 e. The van der Waals surface area contributed by atoms with Crippen LogP contribution in [0.25, 0.3) is 0 Å². The molecular formula is C15H25NO. The maximum absolute atomic E-state index is 5.22. The van der Waals surface area contributed by atoms with Gasteiger partial charge in [-0.05, 0) is 38.3 Å². The van der Waals surface area contributed by atoms with E-state index in [9.17, 15) is 0 Å². The summed E-state index contributed by atoms with van der Waals surface area (Å²) in [7, 11) is 1.76. The highest BCUT2D eigenvalue weighted by molar-refractivity contribution is 5.32. The maximum Gasteiger partial charge on any atom is 0.0615 e. The maximum atomic E-state index is 5.22. The minimum atomic E-state index is 0.371. The first-order valence-electron chi connectivity index (χ1n) is 6.40. The van der Waals surface area contributed by atoms with Gasteiger partial charge >= 0.3 is 0 Å². The molecule has 1 N–H and O–H groups in total. The molecule has 0 amide bonds. The first-order chi connectivity index (χ1) is 8.08. The normalized spacial score (nSPS) is 14.6. The van der Waals surface area contributed by atoms with Crippen molar-refractivity contribution in [2.75, 3.05) is 13.7 Å². The van der Waals surface area contributed by atoms with Crippen LogP contribution < -0.4 is 5.32 Å². The van der Waals surface area contributed by atoms with Gasteiger partial charge in [0.25, 0.3) is 0 Å². The molecule has 2 atom stereocenters. The summed E-state index contributed by atoms with van der Waals surface area (Å²) >= 11 is 0. The Bertz CT molecular complexity index is 349. The van der Waals surface area contributed by atoms with Crippen LogP contribution in [0.2, 0.25) is 0 Å². The van der Waals surface area contributed by atoms with Gasteiger partial charge < -0.3 is 10.1 Å². The van der Waals surface area contributed by atoms with Crippen molar-refractivity contribution in [1.29, 1.82) is 0 Å². The van der Waals surface area contributed by atoms with Gasteiger partial charge in [0.05, 0.1) is 6.61 Å². The van der Waals surface area contributed by atoms with E-state index in [4.69, 9.17) is 4.74 Å². The van der Waals surface area contributed by atoms with E-state index < -0.39 is 0 Å². The number of benzene rings is 1. The number of methoxy groups -OCH3 is 1. The van der Waals surface area contributed by atoms with E-state index in [1.165, 1.54) is 16.7 Å². The van der Waals surface area contributed by atoms with Gasteiger partial charge in [-0.3, -0.25) is 0 Å². The summed E-state index contributed by atoms with van der Waals surface area (Å²) in [6.07, 6.45) is 1.09. The summed E-state index contributed by atoms with van der Waals surface area (Å²) in [6.45, 7) is 9.49. The molecule has 0 radical (unpaired) electrons. The van der Waals surface area contributed by atoms with Crippen molar-refractivity contribution in [3.05, 3.63) is 34.9 Å². The average molecular weight is 235 g/mol. The lowest BCUT2D eigenvalue weighted by Gasteiger charge is -2.23. The molecule has 1 aromatic rings. The Hall–Kier alpha value is -0.860. The quantitative estimate of drug-likeness (QED) is 0.816. The van der Waals surface area contributed by atoms with Gasteiger partial charge in [-0.1, -0.05) is 30.7 Å². The van der Waals surface area contributed by atoms with Gasteiger partial charge in [0, 0.05) is 19.2 Å². The average Bonchev–Trinajstić information content (AvgIpc) is 2.28. The molecule has 0 saturated heterocycles. The SMILES string of the molecule is CCC(COC)NC(C)c1ccc(C)cc1C.